The summed E-state index contributed by atoms with van der Waals surface area (Å²) in [7, 11) is 1.44. The molecule has 9 nitrogen and oxygen atoms in total. The van der Waals surface area contributed by atoms with Gasteiger partial charge in [-0.2, -0.15) is 0 Å². The fourth-order valence-electron chi connectivity index (χ4n) is 7.76. The fraction of sp³-hybridized carbons (Fsp3) is 0.793. The Labute approximate surface area is 419 Å². The lowest BCUT2D eigenvalue weighted by molar-refractivity contribution is -0.870. The molecule has 0 spiro atoms. The van der Waals surface area contributed by atoms with Crippen molar-refractivity contribution in [2.75, 3.05) is 47.5 Å². The third kappa shape index (κ3) is 53.1. The van der Waals surface area contributed by atoms with Crippen molar-refractivity contribution in [1.82, 2.24) is 0 Å². The van der Waals surface area contributed by atoms with Crippen LogP contribution in [0.25, 0.3) is 0 Å². The monoisotopic (exact) mass is 977 g/mol. The van der Waals surface area contributed by atoms with E-state index in [0.717, 1.165) is 51.4 Å². The normalized spacial score (nSPS) is 13.8. The summed E-state index contributed by atoms with van der Waals surface area (Å²) >= 11 is 0. The predicted molar refractivity (Wildman–Crippen MR) is 289 cm³/mol. The minimum absolute atomic E-state index is 0.0200. The van der Waals surface area contributed by atoms with Crippen molar-refractivity contribution in [2.45, 2.75) is 251 Å². The maximum absolute atomic E-state index is 12.7. The molecule has 0 saturated heterocycles. The molecule has 0 heterocycles. The molecule has 396 valence electrons. The Morgan fingerprint density at radius 2 is 0.838 bits per heavy atom. The van der Waals surface area contributed by atoms with E-state index in [1.807, 2.05) is 27.2 Å². The van der Waals surface area contributed by atoms with Gasteiger partial charge in [0, 0.05) is 12.8 Å². The van der Waals surface area contributed by atoms with E-state index in [0.29, 0.717) is 23.9 Å². The number of phosphoric acid groups is 1. The third-order valence-electron chi connectivity index (χ3n) is 12.1. The number of quaternary nitrogens is 1. The molecule has 0 aliphatic heterocycles. The number of hydrogen-bond donors (Lipinski definition) is 1. The van der Waals surface area contributed by atoms with Crippen LogP contribution in [0.5, 0.6) is 0 Å². The zero-order valence-corrected chi connectivity index (χ0v) is 45.7. The first-order valence-corrected chi connectivity index (χ1v) is 29.5. The Kier molecular flexibility index (Phi) is 48.0. The Morgan fingerprint density at radius 3 is 1.24 bits per heavy atom. The number of rotatable bonds is 51. The van der Waals surface area contributed by atoms with Crippen molar-refractivity contribution in [2.24, 2.45) is 0 Å². The molecule has 0 aliphatic rings. The summed E-state index contributed by atoms with van der Waals surface area (Å²) in [4.78, 5) is 35.6. The van der Waals surface area contributed by atoms with Crippen LogP contribution in [0.15, 0.2) is 60.8 Å². The number of hydrogen-bond acceptors (Lipinski definition) is 7. The lowest BCUT2D eigenvalue weighted by Gasteiger charge is -2.24. The molecule has 0 aliphatic carbocycles. The van der Waals surface area contributed by atoms with E-state index in [-0.39, 0.29) is 32.0 Å². The second kappa shape index (κ2) is 49.7. The molecule has 0 amide bonds. The summed E-state index contributed by atoms with van der Waals surface area (Å²) in [6.45, 7) is 4.28. The molecule has 2 atom stereocenters. The van der Waals surface area contributed by atoms with Gasteiger partial charge in [-0.15, -0.1) is 0 Å². The van der Waals surface area contributed by atoms with Gasteiger partial charge in [0.15, 0.2) is 6.10 Å². The zero-order chi connectivity index (χ0) is 49.9. The average molecular weight is 977 g/mol. The summed E-state index contributed by atoms with van der Waals surface area (Å²) < 4.78 is 34.4. The van der Waals surface area contributed by atoms with E-state index in [2.05, 4.69) is 68.5 Å². The molecule has 10 heteroatoms. The second-order valence-electron chi connectivity index (χ2n) is 19.9. The van der Waals surface area contributed by atoms with Crippen molar-refractivity contribution in [1.29, 1.82) is 0 Å². The van der Waals surface area contributed by atoms with Crippen molar-refractivity contribution >= 4 is 19.8 Å². The standard InChI is InChI=1S/C58H106NO8P/c1-6-8-10-12-14-16-18-20-22-24-25-26-27-28-29-30-31-32-33-35-36-38-40-42-44-46-48-50-57(60)64-54-56(55-66-68(62,63)65-53-52-59(3,4)5)67-58(61)51-49-47-45-43-41-39-37-34-23-21-19-17-15-13-11-9-7-2/h9,11,15,17,21,23,37,39,43,45,56H,6-8,10,12-14,16,18-20,22,24-36,38,40-42,44,46-55H2,1-5H3/p+1/b11-9-,17-15-,23-21-,39-37-,45-43-. The fourth-order valence-corrected chi connectivity index (χ4v) is 8.50. The van der Waals surface area contributed by atoms with Crippen LogP contribution >= 0.6 is 7.82 Å². The van der Waals surface area contributed by atoms with Crippen LogP contribution in [0.1, 0.15) is 245 Å². The van der Waals surface area contributed by atoms with Gasteiger partial charge >= 0.3 is 19.8 Å². The van der Waals surface area contributed by atoms with Gasteiger partial charge < -0.3 is 18.9 Å². The van der Waals surface area contributed by atoms with Gasteiger partial charge in [0.05, 0.1) is 27.7 Å². The smallest absolute Gasteiger partial charge is 0.462 e. The Bertz CT molecular complexity index is 1340. The van der Waals surface area contributed by atoms with Gasteiger partial charge in [0.25, 0.3) is 0 Å². The van der Waals surface area contributed by atoms with Gasteiger partial charge in [-0.3, -0.25) is 18.6 Å². The number of allylic oxidation sites excluding steroid dienone is 10. The Hall–Kier alpha value is -2.29. The molecule has 0 rings (SSSR count). The molecule has 0 fully saturated rings. The van der Waals surface area contributed by atoms with Crippen molar-refractivity contribution in [3.05, 3.63) is 60.8 Å². The molecule has 0 aromatic carbocycles. The Morgan fingerprint density at radius 1 is 0.471 bits per heavy atom. The van der Waals surface area contributed by atoms with E-state index >= 15 is 0 Å². The number of unbranched alkanes of at least 4 members (excludes halogenated alkanes) is 27. The lowest BCUT2D eigenvalue weighted by atomic mass is 10.0. The second-order valence-corrected chi connectivity index (χ2v) is 21.4. The molecule has 0 aromatic rings. The molecule has 1 N–H and O–H groups in total. The van der Waals surface area contributed by atoms with Crippen LogP contribution in [0.4, 0.5) is 0 Å². The highest BCUT2D eigenvalue weighted by Crippen LogP contribution is 2.43. The lowest BCUT2D eigenvalue weighted by Crippen LogP contribution is -2.37. The average Bonchev–Trinajstić information content (AvgIpc) is 3.30. The van der Waals surface area contributed by atoms with Crippen molar-refractivity contribution in [3.8, 4) is 0 Å². The summed E-state index contributed by atoms with van der Waals surface area (Å²) in [6.07, 6.45) is 63.1. The van der Waals surface area contributed by atoms with Crippen molar-refractivity contribution in [3.63, 3.8) is 0 Å². The topological polar surface area (TPSA) is 108 Å². The predicted octanol–water partition coefficient (Wildman–Crippen LogP) is 17.1. The van der Waals surface area contributed by atoms with Crippen LogP contribution < -0.4 is 0 Å². The van der Waals surface area contributed by atoms with Gasteiger partial charge in [0.1, 0.15) is 19.8 Å². The largest absolute Gasteiger partial charge is 0.472 e. The number of carbonyl (C=O) groups is 2. The highest BCUT2D eigenvalue weighted by molar-refractivity contribution is 7.47. The molecular formula is C58H107NO8P+. The van der Waals surface area contributed by atoms with Crippen LogP contribution in [-0.2, 0) is 32.7 Å². The minimum atomic E-state index is -4.40. The van der Waals surface area contributed by atoms with Crippen LogP contribution in [0.3, 0.4) is 0 Å². The number of likely N-dealkylation sites (N-methyl/N-ethyl adjacent to an activating group) is 1. The molecule has 0 bridgehead atoms. The third-order valence-corrected chi connectivity index (χ3v) is 13.0. The van der Waals surface area contributed by atoms with Crippen molar-refractivity contribution < 1.29 is 42.1 Å². The number of phosphoric ester groups is 1. The highest BCUT2D eigenvalue weighted by atomic mass is 31.2. The number of carbonyl (C=O) groups excluding carboxylic acids is 2. The van der Waals surface area contributed by atoms with Crippen LogP contribution in [-0.4, -0.2) is 74.9 Å². The number of nitrogens with zero attached hydrogens (tertiary/aromatic N) is 1. The molecule has 2 unspecified atom stereocenters. The molecular weight excluding hydrogens is 870 g/mol. The van der Waals surface area contributed by atoms with E-state index in [1.54, 1.807) is 0 Å². The Balaban J connectivity index is 4.16. The van der Waals surface area contributed by atoms with Gasteiger partial charge in [-0.1, -0.05) is 242 Å². The first-order chi connectivity index (χ1) is 33.0. The number of esters is 2. The maximum atomic E-state index is 12.7. The quantitative estimate of drug-likeness (QED) is 0.0211. The first-order valence-electron chi connectivity index (χ1n) is 28.0. The van der Waals surface area contributed by atoms with Crippen LogP contribution in [0.2, 0.25) is 0 Å². The van der Waals surface area contributed by atoms with E-state index in [4.69, 9.17) is 18.5 Å². The molecule has 0 aromatic heterocycles. The summed E-state index contributed by atoms with van der Waals surface area (Å²) in [6, 6.07) is 0. The first kappa shape index (κ1) is 65.7. The minimum Gasteiger partial charge on any atom is -0.462 e. The summed E-state index contributed by atoms with van der Waals surface area (Å²) in [5, 5.41) is 0. The van der Waals surface area contributed by atoms with Gasteiger partial charge in [0.2, 0.25) is 0 Å². The molecule has 68 heavy (non-hydrogen) atoms. The van der Waals surface area contributed by atoms with E-state index < -0.39 is 26.5 Å². The molecule has 0 radical (unpaired) electrons. The highest BCUT2D eigenvalue weighted by Gasteiger charge is 2.27. The summed E-state index contributed by atoms with van der Waals surface area (Å²) in [5.74, 6) is -0.860. The zero-order valence-electron chi connectivity index (χ0n) is 44.8. The van der Waals surface area contributed by atoms with Gasteiger partial charge in [-0.05, 0) is 51.4 Å². The van der Waals surface area contributed by atoms with Gasteiger partial charge in [-0.25, -0.2) is 4.57 Å². The summed E-state index contributed by atoms with van der Waals surface area (Å²) in [5.41, 5.74) is 0. The van der Waals surface area contributed by atoms with E-state index in [9.17, 15) is 19.0 Å². The SMILES string of the molecule is CC/C=C\C/C=C\C/C=C\C/C=C\C/C=C\CCCC(=O)OC(COC(=O)CCCCCCCCCCCCCCCCCCCCCCCCCCCCC)COP(=O)(O)OCC[N+](C)(C)C. The molecule has 0 saturated carbocycles. The van der Waals surface area contributed by atoms with Crippen LogP contribution in [0, 0.1) is 0 Å². The maximum Gasteiger partial charge on any atom is 0.472 e. The van der Waals surface area contributed by atoms with E-state index in [1.165, 1.54) is 154 Å². The number of ether oxygens (including phenoxy) is 2.